The standard InChI is InChI=1S/C26H12Cl3F10N3O3.3H2/c27-18-10(21(43)42-20-13(31)3-4-15(19(20)33)41-23(45)26(37,38)39)6-9(7-14(18)32)40-22(44)17-16(24(17,28)29)8-1-2-12(30)11(5-8)25(34,35)36;;;/h1-7,16-17H,(H,40,44)(H,41,45)(H,42,43);3*1H/t16-,17+;;;/m0.../s1. The summed E-state index contributed by atoms with van der Waals surface area (Å²) in [5.41, 5.74) is -5.83. The van der Waals surface area contributed by atoms with Crippen LogP contribution in [0.2, 0.25) is 5.02 Å². The van der Waals surface area contributed by atoms with Gasteiger partial charge in [-0.3, -0.25) is 14.4 Å². The summed E-state index contributed by atoms with van der Waals surface area (Å²) in [5, 5.41) is 3.98. The van der Waals surface area contributed by atoms with Crippen molar-refractivity contribution in [2.75, 3.05) is 16.0 Å². The van der Waals surface area contributed by atoms with Crippen LogP contribution in [0.25, 0.3) is 0 Å². The topological polar surface area (TPSA) is 87.3 Å². The van der Waals surface area contributed by atoms with E-state index in [1.54, 1.807) is 5.32 Å². The zero-order valence-electron chi connectivity index (χ0n) is 21.3. The molecule has 246 valence electrons. The summed E-state index contributed by atoms with van der Waals surface area (Å²) in [6.07, 6.45) is -10.5. The van der Waals surface area contributed by atoms with E-state index in [-0.39, 0.29) is 9.84 Å². The van der Waals surface area contributed by atoms with E-state index in [0.717, 1.165) is 11.4 Å². The monoisotopic (exact) mass is 715 g/mol. The fraction of sp³-hybridized carbons (Fsp3) is 0.192. The van der Waals surface area contributed by atoms with Crippen molar-refractivity contribution in [2.24, 2.45) is 5.92 Å². The number of anilines is 3. The summed E-state index contributed by atoms with van der Waals surface area (Å²) in [5.74, 6) is -14.3. The number of halogens is 13. The third kappa shape index (κ3) is 6.92. The first kappa shape index (κ1) is 34.1. The number of carbonyl (C=O) groups is 3. The molecule has 0 saturated heterocycles. The predicted molar refractivity (Wildman–Crippen MR) is 147 cm³/mol. The second-order valence-corrected chi connectivity index (χ2v) is 11.2. The Morgan fingerprint density at radius 2 is 1.42 bits per heavy atom. The van der Waals surface area contributed by atoms with E-state index in [9.17, 15) is 58.3 Å². The minimum absolute atomic E-state index is 0. The highest BCUT2D eigenvalue weighted by Crippen LogP contribution is 2.65. The molecule has 0 unspecified atom stereocenters. The fourth-order valence-corrected chi connectivity index (χ4v) is 5.23. The first-order valence-electron chi connectivity index (χ1n) is 11.9. The maximum Gasteiger partial charge on any atom is 0.471 e. The van der Waals surface area contributed by atoms with E-state index in [1.165, 1.54) is 0 Å². The van der Waals surface area contributed by atoms with Gasteiger partial charge in [-0.25, -0.2) is 17.6 Å². The highest BCUT2D eigenvalue weighted by Gasteiger charge is 2.67. The predicted octanol–water partition coefficient (Wildman–Crippen LogP) is 8.93. The summed E-state index contributed by atoms with van der Waals surface area (Å²) in [6, 6.07) is 3.98. The Bertz CT molecular complexity index is 1750. The maximum atomic E-state index is 14.7. The number of alkyl halides is 8. The largest absolute Gasteiger partial charge is 0.471 e. The number of hydrogen-bond acceptors (Lipinski definition) is 3. The van der Waals surface area contributed by atoms with E-state index < -0.39 is 103 Å². The molecule has 1 fully saturated rings. The van der Waals surface area contributed by atoms with Gasteiger partial charge in [0.2, 0.25) is 5.91 Å². The molecule has 45 heavy (non-hydrogen) atoms. The summed E-state index contributed by atoms with van der Waals surface area (Å²) in [6.45, 7) is 0. The Morgan fingerprint density at radius 3 is 2.02 bits per heavy atom. The van der Waals surface area contributed by atoms with Gasteiger partial charge in [0.1, 0.15) is 27.5 Å². The average Bonchev–Trinajstić information content (AvgIpc) is 3.50. The normalized spacial score (nSPS) is 17.4. The minimum atomic E-state index is -5.45. The van der Waals surface area contributed by atoms with Crippen molar-refractivity contribution in [1.82, 2.24) is 0 Å². The molecule has 3 N–H and O–H groups in total. The van der Waals surface area contributed by atoms with Crippen LogP contribution >= 0.6 is 34.8 Å². The van der Waals surface area contributed by atoms with Crippen LogP contribution in [0.5, 0.6) is 0 Å². The lowest BCUT2D eigenvalue weighted by Gasteiger charge is -2.14. The van der Waals surface area contributed by atoms with Gasteiger partial charge in [-0.05, 0) is 42.0 Å². The lowest BCUT2D eigenvalue weighted by molar-refractivity contribution is -0.167. The summed E-state index contributed by atoms with van der Waals surface area (Å²) in [7, 11) is 0. The quantitative estimate of drug-likeness (QED) is 0.176. The average molecular weight is 717 g/mol. The van der Waals surface area contributed by atoms with Crippen LogP contribution in [0, 0.1) is 29.2 Å². The van der Waals surface area contributed by atoms with E-state index in [2.05, 4.69) is 5.32 Å². The van der Waals surface area contributed by atoms with Gasteiger partial charge in [0.05, 0.1) is 27.8 Å². The van der Waals surface area contributed by atoms with Crippen LogP contribution < -0.4 is 16.0 Å². The molecule has 0 bridgehead atoms. The highest BCUT2D eigenvalue weighted by atomic mass is 35.5. The minimum Gasteiger partial charge on any atom is -0.326 e. The second-order valence-electron chi connectivity index (χ2n) is 9.37. The SMILES string of the molecule is O=C(Nc1c(F)ccc(NC(=O)C(F)(F)F)c1F)c1cc(NC(=O)[C@H]2[C@H](c3ccc(F)c(C(F)(F)F)c3)C2(Cl)Cl)cc(F)c1Cl.[HH].[HH].[HH]. The molecule has 6 nitrogen and oxygen atoms in total. The van der Waals surface area contributed by atoms with Crippen LogP contribution in [-0.4, -0.2) is 28.2 Å². The molecule has 19 heteroatoms. The first-order valence-corrected chi connectivity index (χ1v) is 13.0. The Kier molecular flexibility index (Phi) is 9.00. The van der Waals surface area contributed by atoms with Crippen molar-refractivity contribution in [3.8, 4) is 0 Å². The van der Waals surface area contributed by atoms with Gasteiger partial charge in [-0.2, -0.15) is 26.3 Å². The third-order valence-electron chi connectivity index (χ3n) is 6.37. The molecule has 0 radical (unpaired) electrons. The van der Waals surface area contributed by atoms with Gasteiger partial charge in [-0.15, -0.1) is 23.2 Å². The van der Waals surface area contributed by atoms with Crippen molar-refractivity contribution >= 4 is 69.6 Å². The van der Waals surface area contributed by atoms with Crippen molar-refractivity contribution in [1.29, 1.82) is 0 Å². The lowest BCUT2D eigenvalue weighted by atomic mass is 10.0. The van der Waals surface area contributed by atoms with Gasteiger partial charge in [0.15, 0.2) is 5.82 Å². The Labute approximate surface area is 264 Å². The smallest absolute Gasteiger partial charge is 0.326 e. The van der Waals surface area contributed by atoms with E-state index in [4.69, 9.17) is 34.8 Å². The number of benzene rings is 3. The number of nitrogens with one attached hydrogen (secondary N) is 3. The first-order chi connectivity index (χ1) is 20.6. The zero-order valence-corrected chi connectivity index (χ0v) is 23.6. The summed E-state index contributed by atoms with van der Waals surface area (Å²) < 4.78 is 132. The number of carbonyl (C=O) groups excluding carboxylic acids is 3. The fourth-order valence-electron chi connectivity index (χ4n) is 4.21. The van der Waals surface area contributed by atoms with Gasteiger partial charge in [0, 0.05) is 15.9 Å². The number of amides is 3. The van der Waals surface area contributed by atoms with Crippen molar-refractivity contribution in [3.05, 3.63) is 87.4 Å². The third-order valence-corrected chi connectivity index (χ3v) is 7.69. The van der Waals surface area contributed by atoms with Gasteiger partial charge in [0.25, 0.3) is 5.91 Å². The van der Waals surface area contributed by atoms with Gasteiger partial charge >= 0.3 is 18.3 Å². The van der Waals surface area contributed by atoms with Gasteiger partial charge < -0.3 is 16.0 Å². The van der Waals surface area contributed by atoms with Crippen LogP contribution in [0.4, 0.5) is 61.0 Å². The molecular formula is C26H18Cl3F10N3O3. The van der Waals surface area contributed by atoms with E-state index in [0.29, 0.717) is 36.4 Å². The van der Waals surface area contributed by atoms with E-state index >= 15 is 0 Å². The molecule has 0 aliphatic heterocycles. The lowest BCUT2D eigenvalue weighted by Crippen LogP contribution is -2.30. The Balaban J connectivity index is 0.00000384. The molecular weight excluding hydrogens is 699 g/mol. The second kappa shape index (κ2) is 11.9. The molecule has 0 heterocycles. The molecule has 0 spiro atoms. The molecule has 1 aliphatic carbocycles. The van der Waals surface area contributed by atoms with Crippen LogP contribution in [0.3, 0.4) is 0 Å². The van der Waals surface area contributed by atoms with Crippen molar-refractivity contribution in [3.63, 3.8) is 0 Å². The van der Waals surface area contributed by atoms with Crippen LogP contribution in [0.15, 0.2) is 42.5 Å². The van der Waals surface area contributed by atoms with Crippen molar-refractivity contribution in [2.45, 2.75) is 22.6 Å². The molecule has 3 aromatic rings. The number of rotatable bonds is 6. The van der Waals surface area contributed by atoms with E-state index in [1.807, 2.05) is 0 Å². The highest BCUT2D eigenvalue weighted by molar-refractivity contribution is 6.53. The van der Waals surface area contributed by atoms with Gasteiger partial charge in [-0.1, -0.05) is 17.7 Å². The Hall–Kier alpha value is -3.76. The molecule has 0 aromatic heterocycles. The van der Waals surface area contributed by atoms with Crippen LogP contribution in [0.1, 0.15) is 31.7 Å². The maximum absolute atomic E-state index is 14.7. The van der Waals surface area contributed by atoms with Crippen molar-refractivity contribution < 1.29 is 62.6 Å². The Morgan fingerprint density at radius 1 is 0.800 bits per heavy atom. The summed E-state index contributed by atoms with van der Waals surface area (Å²) >= 11 is 18.0. The molecule has 1 aliphatic rings. The molecule has 3 aromatic carbocycles. The number of hydrogen-bond donors (Lipinski definition) is 3. The van der Waals surface area contributed by atoms with Crippen LogP contribution in [-0.2, 0) is 15.8 Å². The molecule has 3 amide bonds. The summed E-state index contributed by atoms with van der Waals surface area (Å²) in [4.78, 5) is 36.9. The molecule has 1 saturated carbocycles. The molecule has 4 rings (SSSR count). The zero-order chi connectivity index (χ0) is 33.8. The molecule has 2 atom stereocenters.